The third kappa shape index (κ3) is 20.5. The van der Waals surface area contributed by atoms with Crippen LogP contribution in [0.5, 0.6) is 0 Å². The highest BCUT2D eigenvalue weighted by Crippen LogP contribution is 1.76. The highest BCUT2D eigenvalue weighted by atomic mass is 16.5. The summed E-state index contributed by atoms with van der Waals surface area (Å²) in [5.41, 5.74) is 9.82. The number of nitrogens with two attached hydrogens (primary N) is 2. The number of hydrogen-bond acceptors (Lipinski definition) is 5. The van der Waals surface area contributed by atoms with Crippen molar-refractivity contribution >= 4 is 12.0 Å². The Morgan fingerprint density at radius 2 is 2.06 bits per heavy atom. The number of urea groups is 1. The second-order valence-corrected chi connectivity index (χ2v) is 2.65. The SMILES string of the molecule is C=CC(=O)OCCNC(N)=O.CCOCCN. The average molecular weight is 247 g/mol. The van der Waals surface area contributed by atoms with Crippen molar-refractivity contribution in [3.05, 3.63) is 12.7 Å². The second kappa shape index (κ2) is 14.4. The molecule has 5 N–H and O–H groups in total. The summed E-state index contributed by atoms with van der Waals surface area (Å²) in [5.74, 6) is -0.517. The first-order valence-electron chi connectivity index (χ1n) is 5.18. The zero-order valence-corrected chi connectivity index (χ0v) is 10.1. The van der Waals surface area contributed by atoms with Gasteiger partial charge in [-0.15, -0.1) is 0 Å². The van der Waals surface area contributed by atoms with E-state index in [1.165, 1.54) is 0 Å². The van der Waals surface area contributed by atoms with Crippen LogP contribution in [0.2, 0.25) is 0 Å². The summed E-state index contributed by atoms with van der Waals surface area (Å²) in [6.45, 7) is 7.56. The van der Waals surface area contributed by atoms with Crippen LogP contribution in [0, 0.1) is 0 Å². The Hall–Kier alpha value is -1.60. The molecule has 0 unspecified atom stereocenters. The predicted octanol–water partition coefficient (Wildman–Crippen LogP) is -0.634. The first-order chi connectivity index (χ1) is 8.08. The van der Waals surface area contributed by atoms with E-state index in [4.69, 9.17) is 16.2 Å². The van der Waals surface area contributed by atoms with Gasteiger partial charge in [0.1, 0.15) is 6.61 Å². The summed E-state index contributed by atoms with van der Waals surface area (Å²) in [7, 11) is 0. The molecule has 7 heteroatoms. The van der Waals surface area contributed by atoms with Crippen LogP contribution in [-0.2, 0) is 14.3 Å². The van der Waals surface area contributed by atoms with Crippen molar-refractivity contribution in [1.29, 1.82) is 0 Å². The van der Waals surface area contributed by atoms with E-state index in [-0.39, 0.29) is 13.2 Å². The van der Waals surface area contributed by atoms with Gasteiger partial charge in [-0.25, -0.2) is 9.59 Å². The van der Waals surface area contributed by atoms with Gasteiger partial charge in [0, 0.05) is 19.2 Å². The molecule has 0 aliphatic rings. The van der Waals surface area contributed by atoms with Gasteiger partial charge in [0.2, 0.25) is 0 Å². The molecule has 7 nitrogen and oxygen atoms in total. The van der Waals surface area contributed by atoms with Crippen molar-refractivity contribution in [2.24, 2.45) is 11.5 Å². The topological polar surface area (TPSA) is 117 Å². The molecule has 0 atom stereocenters. The number of esters is 1. The van der Waals surface area contributed by atoms with Crippen molar-refractivity contribution in [2.75, 3.05) is 32.9 Å². The number of amides is 2. The summed E-state index contributed by atoms with van der Waals surface area (Å²) in [4.78, 5) is 20.4. The number of rotatable bonds is 7. The van der Waals surface area contributed by atoms with Gasteiger partial charge in [0.25, 0.3) is 0 Å². The van der Waals surface area contributed by atoms with Crippen LogP contribution in [0.1, 0.15) is 6.92 Å². The second-order valence-electron chi connectivity index (χ2n) is 2.65. The van der Waals surface area contributed by atoms with Crippen molar-refractivity contribution in [2.45, 2.75) is 6.92 Å². The Labute approximate surface area is 101 Å². The molecule has 2 amide bonds. The minimum atomic E-state index is -0.639. The molecule has 0 aliphatic heterocycles. The normalized spacial score (nSPS) is 8.59. The molecule has 0 bridgehead atoms. The Kier molecular flexibility index (Phi) is 15.1. The number of nitrogens with one attached hydrogen (secondary N) is 1. The monoisotopic (exact) mass is 247 g/mol. The fourth-order valence-electron chi connectivity index (χ4n) is 0.612. The Balaban J connectivity index is 0. The molecule has 0 rings (SSSR count). The van der Waals surface area contributed by atoms with Gasteiger partial charge in [-0.3, -0.25) is 0 Å². The maximum atomic E-state index is 10.4. The standard InChI is InChI=1S/C6H10N2O3.C4H11NO/c1-2-5(9)11-4-3-8-6(7)10;1-2-6-4-3-5/h2H,1,3-4H2,(H3,7,8,10);2-5H2,1H3. The van der Waals surface area contributed by atoms with Gasteiger partial charge in [0.05, 0.1) is 13.2 Å². The summed E-state index contributed by atoms with van der Waals surface area (Å²) in [6, 6.07) is -0.639. The lowest BCUT2D eigenvalue weighted by Crippen LogP contribution is -2.32. The van der Waals surface area contributed by atoms with Gasteiger partial charge in [-0.2, -0.15) is 0 Å². The number of hydrogen-bond donors (Lipinski definition) is 3. The van der Waals surface area contributed by atoms with Crippen LogP contribution in [0.15, 0.2) is 12.7 Å². The molecule has 0 aromatic carbocycles. The Morgan fingerprint density at radius 1 is 1.41 bits per heavy atom. The van der Waals surface area contributed by atoms with E-state index < -0.39 is 12.0 Å². The fourth-order valence-corrected chi connectivity index (χ4v) is 0.612. The zero-order chi connectivity index (χ0) is 13.5. The molecule has 0 heterocycles. The predicted molar refractivity (Wildman–Crippen MR) is 64.3 cm³/mol. The third-order valence-electron chi connectivity index (χ3n) is 1.28. The largest absolute Gasteiger partial charge is 0.461 e. The molecular formula is C10H21N3O4. The van der Waals surface area contributed by atoms with Crippen LogP contribution in [0.25, 0.3) is 0 Å². The van der Waals surface area contributed by atoms with Crippen molar-refractivity contribution in [3.63, 3.8) is 0 Å². The number of carbonyl (C=O) groups is 2. The van der Waals surface area contributed by atoms with E-state index in [2.05, 4.69) is 16.6 Å². The summed E-state index contributed by atoms with van der Waals surface area (Å²) in [5, 5.41) is 2.25. The lowest BCUT2D eigenvalue weighted by atomic mass is 10.6. The van der Waals surface area contributed by atoms with Crippen molar-refractivity contribution in [3.8, 4) is 0 Å². The molecule has 0 radical (unpaired) electrons. The molecule has 0 aliphatic carbocycles. The average Bonchev–Trinajstić information content (AvgIpc) is 2.32. The van der Waals surface area contributed by atoms with E-state index >= 15 is 0 Å². The first kappa shape index (κ1) is 17.8. The molecule has 100 valence electrons. The van der Waals surface area contributed by atoms with E-state index in [1.807, 2.05) is 6.92 Å². The maximum Gasteiger partial charge on any atom is 0.330 e. The number of primary amides is 1. The molecule has 0 fully saturated rings. The Bertz CT molecular complexity index is 218. The van der Waals surface area contributed by atoms with Crippen LogP contribution in [0.4, 0.5) is 4.79 Å². The van der Waals surface area contributed by atoms with Gasteiger partial charge >= 0.3 is 12.0 Å². The molecule has 0 aromatic rings. The molecule has 17 heavy (non-hydrogen) atoms. The zero-order valence-electron chi connectivity index (χ0n) is 10.1. The van der Waals surface area contributed by atoms with Crippen LogP contribution in [0.3, 0.4) is 0 Å². The Morgan fingerprint density at radius 3 is 2.41 bits per heavy atom. The lowest BCUT2D eigenvalue weighted by molar-refractivity contribution is -0.137. The van der Waals surface area contributed by atoms with E-state index in [0.717, 1.165) is 12.7 Å². The number of carbonyl (C=O) groups excluding carboxylic acids is 2. The summed E-state index contributed by atoms with van der Waals surface area (Å²) in [6.07, 6.45) is 1.05. The summed E-state index contributed by atoms with van der Waals surface area (Å²) < 4.78 is 9.37. The number of ether oxygens (including phenoxy) is 2. The van der Waals surface area contributed by atoms with Gasteiger partial charge in [-0.05, 0) is 6.92 Å². The van der Waals surface area contributed by atoms with Crippen LogP contribution < -0.4 is 16.8 Å². The molecule has 0 saturated carbocycles. The molecular weight excluding hydrogens is 226 g/mol. The molecule has 0 saturated heterocycles. The molecule has 0 aromatic heterocycles. The van der Waals surface area contributed by atoms with E-state index in [1.54, 1.807) is 0 Å². The maximum absolute atomic E-state index is 10.4. The molecule has 0 spiro atoms. The smallest absolute Gasteiger partial charge is 0.330 e. The van der Waals surface area contributed by atoms with Gasteiger partial charge in [-0.1, -0.05) is 6.58 Å². The van der Waals surface area contributed by atoms with Gasteiger partial charge in [0.15, 0.2) is 0 Å². The van der Waals surface area contributed by atoms with Crippen LogP contribution >= 0.6 is 0 Å². The van der Waals surface area contributed by atoms with E-state index in [9.17, 15) is 9.59 Å². The quantitative estimate of drug-likeness (QED) is 0.314. The van der Waals surface area contributed by atoms with Crippen molar-refractivity contribution in [1.82, 2.24) is 5.32 Å². The summed E-state index contributed by atoms with van der Waals surface area (Å²) >= 11 is 0. The van der Waals surface area contributed by atoms with Crippen molar-refractivity contribution < 1.29 is 19.1 Å². The van der Waals surface area contributed by atoms with E-state index in [0.29, 0.717) is 13.2 Å². The lowest BCUT2D eigenvalue weighted by Gasteiger charge is -2.01. The first-order valence-corrected chi connectivity index (χ1v) is 5.18. The highest BCUT2D eigenvalue weighted by molar-refractivity contribution is 5.81. The minimum Gasteiger partial charge on any atom is -0.461 e. The van der Waals surface area contributed by atoms with Gasteiger partial charge < -0.3 is 26.3 Å². The fraction of sp³-hybridized carbons (Fsp3) is 0.600. The third-order valence-corrected chi connectivity index (χ3v) is 1.28. The highest BCUT2D eigenvalue weighted by Gasteiger charge is 1.94. The minimum absolute atomic E-state index is 0.105. The van der Waals surface area contributed by atoms with Crippen LogP contribution in [-0.4, -0.2) is 44.9 Å².